The molecule has 0 saturated carbocycles. The van der Waals surface area contributed by atoms with E-state index in [0.717, 1.165) is 10.2 Å². The van der Waals surface area contributed by atoms with Crippen LogP contribution in [0.2, 0.25) is 0 Å². The third-order valence-electron chi connectivity index (χ3n) is 4.78. The largest absolute Gasteiger partial charge is 0.486 e. The maximum Gasteiger partial charge on any atom is 0.400 e. The molecular formula is C18H15BrF3NO2. The molecule has 2 aromatic rings. The smallest absolute Gasteiger partial charge is 0.400 e. The molecule has 7 heteroatoms. The molecule has 25 heavy (non-hydrogen) atoms. The highest BCUT2D eigenvalue weighted by molar-refractivity contribution is 9.10. The highest BCUT2D eigenvalue weighted by Gasteiger charge is 2.57. The van der Waals surface area contributed by atoms with Crippen molar-refractivity contribution in [3.05, 3.63) is 52.0 Å². The number of alkyl halides is 3. The van der Waals surface area contributed by atoms with Crippen LogP contribution in [0, 0.1) is 0 Å². The van der Waals surface area contributed by atoms with Gasteiger partial charge in [0.1, 0.15) is 18.6 Å². The summed E-state index contributed by atoms with van der Waals surface area (Å²) in [5.41, 5.74) is -0.466. The average Bonchev–Trinajstić information content (AvgIpc) is 2.59. The molecule has 1 N–H and O–H groups in total. The van der Waals surface area contributed by atoms with E-state index in [4.69, 9.17) is 9.47 Å². The summed E-state index contributed by atoms with van der Waals surface area (Å²) in [4.78, 5) is 0. The van der Waals surface area contributed by atoms with E-state index in [-0.39, 0.29) is 18.5 Å². The minimum absolute atomic E-state index is 0.127. The van der Waals surface area contributed by atoms with Crippen molar-refractivity contribution in [2.24, 2.45) is 0 Å². The molecule has 0 amide bonds. The molecule has 2 aliphatic heterocycles. The van der Waals surface area contributed by atoms with Crippen molar-refractivity contribution in [2.75, 3.05) is 25.1 Å². The van der Waals surface area contributed by atoms with Crippen molar-refractivity contribution in [3.8, 4) is 11.5 Å². The first-order valence-corrected chi connectivity index (χ1v) is 8.67. The maximum atomic E-state index is 14.2. The topological polar surface area (TPSA) is 30.5 Å². The molecule has 3 nitrogen and oxygen atoms in total. The normalized spacial score (nSPS) is 22.1. The second kappa shape index (κ2) is 5.83. The summed E-state index contributed by atoms with van der Waals surface area (Å²) in [5, 5.41) is 2.95. The fraction of sp³-hybridized carbons (Fsp3) is 0.333. The van der Waals surface area contributed by atoms with Crippen molar-refractivity contribution < 1.29 is 22.6 Å². The lowest BCUT2D eigenvalue weighted by Gasteiger charge is -2.41. The number of hydrogen-bond acceptors (Lipinski definition) is 3. The number of halogens is 4. The van der Waals surface area contributed by atoms with Crippen LogP contribution < -0.4 is 14.8 Å². The third-order valence-corrected chi connectivity index (χ3v) is 5.27. The van der Waals surface area contributed by atoms with Gasteiger partial charge >= 0.3 is 6.18 Å². The molecule has 0 unspecified atom stereocenters. The first-order valence-electron chi connectivity index (χ1n) is 7.88. The predicted molar refractivity (Wildman–Crippen MR) is 91.5 cm³/mol. The first kappa shape index (κ1) is 16.6. The number of anilines is 1. The molecule has 132 valence electrons. The molecule has 0 radical (unpaired) electrons. The number of ether oxygens (including phenoxy) is 2. The van der Waals surface area contributed by atoms with Crippen molar-refractivity contribution in [1.82, 2.24) is 0 Å². The summed E-state index contributed by atoms with van der Waals surface area (Å²) in [6.45, 7) is 0.522. The van der Waals surface area contributed by atoms with E-state index in [2.05, 4.69) is 21.2 Å². The second-order valence-corrected chi connectivity index (χ2v) is 7.19. The molecule has 0 aliphatic carbocycles. The molecular weight excluding hydrogens is 399 g/mol. The van der Waals surface area contributed by atoms with Crippen LogP contribution >= 0.6 is 15.9 Å². The monoisotopic (exact) mass is 413 g/mol. The molecule has 0 spiro atoms. The Bertz CT molecular complexity index is 824. The maximum absolute atomic E-state index is 14.2. The Kier molecular flexibility index (Phi) is 3.86. The SMILES string of the molecule is FC(F)(F)[C@]1(c2ccc3c(c2)OCCO3)CNc2ccc(Br)cc2C1. The Morgan fingerprint density at radius 2 is 1.76 bits per heavy atom. The van der Waals surface area contributed by atoms with Crippen LogP contribution in [0.25, 0.3) is 0 Å². The Labute approximate surface area is 151 Å². The van der Waals surface area contributed by atoms with Crippen molar-refractivity contribution in [2.45, 2.75) is 18.0 Å². The van der Waals surface area contributed by atoms with Gasteiger partial charge in [0.15, 0.2) is 11.5 Å². The number of hydrogen-bond donors (Lipinski definition) is 1. The number of nitrogens with one attached hydrogen (secondary N) is 1. The average molecular weight is 414 g/mol. The van der Waals surface area contributed by atoms with Gasteiger partial charge in [-0.3, -0.25) is 0 Å². The fourth-order valence-corrected chi connectivity index (χ4v) is 3.83. The molecule has 1 atom stereocenters. The van der Waals surface area contributed by atoms with E-state index in [1.807, 2.05) is 6.07 Å². The van der Waals surface area contributed by atoms with Gasteiger partial charge in [0.05, 0.1) is 0 Å². The highest BCUT2D eigenvalue weighted by atomic mass is 79.9. The van der Waals surface area contributed by atoms with E-state index in [1.54, 1.807) is 18.2 Å². The zero-order chi connectivity index (χ0) is 17.7. The minimum Gasteiger partial charge on any atom is -0.486 e. The van der Waals surface area contributed by atoms with E-state index in [9.17, 15) is 13.2 Å². The fourth-order valence-electron chi connectivity index (χ4n) is 3.42. The van der Waals surface area contributed by atoms with Crippen LogP contribution in [0.4, 0.5) is 18.9 Å². The summed E-state index contributed by atoms with van der Waals surface area (Å²) in [5.74, 6) is 0.853. The lowest BCUT2D eigenvalue weighted by atomic mass is 9.72. The third kappa shape index (κ3) is 2.74. The van der Waals surface area contributed by atoms with Gasteiger partial charge in [-0.1, -0.05) is 22.0 Å². The highest BCUT2D eigenvalue weighted by Crippen LogP contribution is 2.49. The molecule has 4 rings (SSSR count). The molecule has 2 aromatic carbocycles. The number of benzene rings is 2. The summed E-state index contributed by atoms with van der Waals surface area (Å²) in [6, 6.07) is 9.87. The summed E-state index contributed by atoms with van der Waals surface area (Å²) in [7, 11) is 0. The van der Waals surface area contributed by atoms with Gasteiger partial charge < -0.3 is 14.8 Å². The Morgan fingerprint density at radius 3 is 2.52 bits per heavy atom. The standard InChI is InChI=1S/C18H15BrF3NO2/c19-13-2-3-14-11(7-13)9-17(10-23-14,18(20,21)22)12-1-4-15-16(8-12)25-6-5-24-15/h1-4,7-8,23H,5-6,9-10H2/t17-/m0/s1. The van der Waals surface area contributed by atoms with Gasteiger partial charge in [-0.15, -0.1) is 0 Å². The van der Waals surface area contributed by atoms with E-state index in [0.29, 0.717) is 30.3 Å². The van der Waals surface area contributed by atoms with Crippen LogP contribution in [0.1, 0.15) is 11.1 Å². The second-order valence-electron chi connectivity index (χ2n) is 6.27. The van der Waals surface area contributed by atoms with Crippen LogP contribution in [-0.2, 0) is 11.8 Å². The van der Waals surface area contributed by atoms with Crippen LogP contribution in [-0.4, -0.2) is 25.9 Å². The molecule has 0 bridgehead atoms. The summed E-state index contributed by atoms with van der Waals surface area (Å²) >= 11 is 3.34. The molecule has 0 fully saturated rings. The van der Waals surface area contributed by atoms with Gasteiger partial charge in [-0.05, 0) is 47.9 Å². The Morgan fingerprint density at radius 1 is 1.00 bits per heavy atom. The number of fused-ring (bicyclic) bond motifs is 2. The van der Waals surface area contributed by atoms with Crippen molar-refractivity contribution in [3.63, 3.8) is 0 Å². The van der Waals surface area contributed by atoms with Crippen LogP contribution in [0.3, 0.4) is 0 Å². The summed E-state index contributed by atoms with van der Waals surface area (Å²) < 4.78 is 54.2. The number of rotatable bonds is 1. The lowest BCUT2D eigenvalue weighted by molar-refractivity contribution is -0.187. The molecule has 2 aliphatic rings. The van der Waals surface area contributed by atoms with E-state index < -0.39 is 11.6 Å². The molecule has 2 heterocycles. The zero-order valence-corrected chi connectivity index (χ0v) is 14.7. The van der Waals surface area contributed by atoms with Crippen LogP contribution in [0.15, 0.2) is 40.9 Å². The van der Waals surface area contributed by atoms with Gasteiger partial charge in [-0.25, -0.2) is 0 Å². The van der Waals surface area contributed by atoms with Gasteiger partial charge in [-0.2, -0.15) is 13.2 Å². The lowest BCUT2D eigenvalue weighted by Crippen LogP contribution is -2.51. The van der Waals surface area contributed by atoms with Gasteiger partial charge in [0.25, 0.3) is 0 Å². The predicted octanol–water partition coefficient (Wildman–Crippen LogP) is 4.69. The zero-order valence-electron chi connectivity index (χ0n) is 13.1. The van der Waals surface area contributed by atoms with E-state index >= 15 is 0 Å². The quantitative estimate of drug-likeness (QED) is 0.735. The Balaban J connectivity index is 1.82. The van der Waals surface area contributed by atoms with Crippen molar-refractivity contribution in [1.29, 1.82) is 0 Å². The van der Waals surface area contributed by atoms with Crippen molar-refractivity contribution >= 4 is 21.6 Å². The van der Waals surface area contributed by atoms with E-state index in [1.165, 1.54) is 12.1 Å². The first-order chi connectivity index (χ1) is 11.9. The van der Waals surface area contributed by atoms with Gasteiger partial charge in [0.2, 0.25) is 0 Å². The van der Waals surface area contributed by atoms with Crippen LogP contribution in [0.5, 0.6) is 11.5 Å². The minimum atomic E-state index is -4.41. The molecule has 0 saturated heterocycles. The molecule has 0 aromatic heterocycles. The van der Waals surface area contributed by atoms with Gasteiger partial charge in [0, 0.05) is 16.7 Å². The Hall–Kier alpha value is -1.89. The summed E-state index contributed by atoms with van der Waals surface area (Å²) in [6.07, 6.45) is -4.54.